The molecule has 1 fully saturated rings. The molecule has 0 aromatic carbocycles. The largest absolute Gasteiger partial charge is 0.376 e. The fourth-order valence-corrected chi connectivity index (χ4v) is 3.84. The van der Waals surface area contributed by atoms with Crippen LogP contribution < -0.4 is 5.32 Å². The summed E-state index contributed by atoms with van der Waals surface area (Å²) in [6, 6.07) is 3.99. The predicted molar refractivity (Wildman–Crippen MR) is 104 cm³/mol. The maximum absolute atomic E-state index is 12.4. The number of hydrogen-bond acceptors (Lipinski definition) is 6. The first-order chi connectivity index (χ1) is 13.0. The van der Waals surface area contributed by atoms with Crippen LogP contribution in [0.4, 0.5) is 5.13 Å². The molecule has 1 aliphatic rings. The quantitative estimate of drug-likeness (QED) is 0.609. The molecule has 0 radical (unpaired) electrons. The molecular weight excluding hydrogens is 362 g/mol. The normalized spacial score (nSPS) is 17.1. The third-order valence-corrected chi connectivity index (χ3v) is 5.66. The Morgan fingerprint density at radius 2 is 2.33 bits per heavy atom. The number of aryl methyl sites for hydroxylation is 2. The van der Waals surface area contributed by atoms with Crippen LogP contribution in [0, 0.1) is 25.2 Å². The fraction of sp³-hybridized carbons (Fsp3) is 0.474. The first-order valence-corrected chi connectivity index (χ1v) is 9.87. The van der Waals surface area contributed by atoms with Crippen LogP contribution in [0.1, 0.15) is 41.7 Å². The Kier molecular flexibility index (Phi) is 6.04. The average molecular weight is 385 g/mol. The number of hydrogen-bond donors (Lipinski definition) is 1. The van der Waals surface area contributed by atoms with Gasteiger partial charge in [0.2, 0.25) is 5.13 Å². The highest BCUT2D eigenvalue weighted by Crippen LogP contribution is 2.23. The maximum atomic E-state index is 12.4. The summed E-state index contributed by atoms with van der Waals surface area (Å²) in [4.78, 5) is 12.4. The van der Waals surface area contributed by atoms with Gasteiger partial charge in [-0.25, -0.2) is 0 Å². The van der Waals surface area contributed by atoms with E-state index in [-0.39, 0.29) is 11.7 Å². The van der Waals surface area contributed by atoms with E-state index < -0.39 is 5.91 Å². The highest BCUT2D eigenvalue weighted by atomic mass is 32.1. The Hall–Kier alpha value is -2.50. The van der Waals surface area contributed by atoms with Crippen molar-refractivity contribution in [3.8, 4) is 6.07 Å². The number of anilines is 1. The van der Waals surface area contributed by atoms with E-state index >= 15 is 0 Å². The summed E-state index contributed by atoms with van der Waals surface area (Å²) in [5.41, 5.74) is 3.01. The lowest BCUT2D eigenvalue weighted by atomic mass is 10.1. The van der Waals surface area contributed by atoms with Gasteiger partial charge in [-0.05, 0) is 50.8 Å². The third-order valence-electron chi connectivity index (χ3n) is 4.68. The summed E-state index contributed by atoms with van der Waals surface area (Å²) in [7, 11) is 0. The smallest absolute Gasteiger partial charge is 0.268 e. The van der Waals surface area contributed by atoms with E-state index in [9.17, 15) is 10.1 Å². The van der Waals surface area contributed by atoms with Crippen LogP contribution in [0.3, 0.4) is 0 Å². The van der Waals surface area contributed by atoms with Gasteiger partial charge in [-0.15, -0.1) is 10.2 Å². The van der Waals surface area contributed by atoms with Gasteiger partial charge in [0, 0.05) is 24.5 Å². The minimum atomic E-state index is -0.472. The van der Waals surface area contributed by atoms with Crippen molar-refractivity contribution in [2.45, 2.75) is 52.7 Å². The topological polar surface area (TPSA) is 92.8 Å². The number of nitriles is 1. The molecule has 1 saturated heterocycles. The van der Waals surface area contributed by atoms with E-state index in [0.717, 1.165) is 54.4 Å². The van der Waals surface area contributed by atoms with Crippen molar-refractivity contribution in [3.05, 3.63) is 33.6 Å². The van der Waals surface area contributed by atoms with Crippen LogP contribution in [0.25, 0.3) is 6.08 Å². The molecule has 142 valence electrons. The zero-order valence-corrected chi connectivity index (χ0v) is 16.6. The second-order valence-electron chi connectivity index (χ2n) is 6.55. The molecule has 27 heavy (non-hydrogen) atoms. The lowest BCUT2D eigenvalue weighted by Gasteiger charge is -2.14. The molecule has 3 rings (SSSR count). The molecule has 1 atom stereocenters. The minimum absolute atomic E-state index is 0.0422. The van der Waals surface area contributed by atoms with Crippen molar-refractivity contribution in [1.82, 2.24) is 14.8 Å². The monoisotopic (exact) mass is 385 g/mol. The number of carbonyl (C=O) groups is 1. The Balaban J connectivity index is 1.78. The van der Waals surface area contributed by atoms with Crippen LogP contribution in [0.15, 0.2) is 11.6 Å². The first-order valence-electron chi connectivity index (χ1n) is 9.05. The summed E-state index contributed by atoms with van der Waals surface area (Å²) in [6.07, 6.45) is 4.78. The SMILES string of the molecule is CCc1nnc(NC(=O)/C(C#N)=C/c2cc(C)n(C[C@H]3CCCO3)c2C)s1. The van der Waals surface area contributed by atoms with E-state index in [4.69, 9.17) is 4.74 Å². The Labute approximate surface area is 162 Å². The molecule has 1 amide bonds. The second kappa shape index (κ2) is 8.46. The number of nitrogens with one attached hydrogen (secondary N) is 1. The molecule has 1 N–H and O–H groups in total. The first kappa shape index (κ1) is 19.3. The van der Waals surface area contributed by atoms with Crippen LogP contribution in [-0.4, -0.2) is 33.4 Å². The van der Waals surface area contributed by atoms with Crippen molar-refractivity contribution >= 4 is 28.5 Å². The molecule has 0 saturated carbocycles. The lowest BCUT2D eigenvalue weighted by molar-refractivity contribution is -0.112. The average Bonchev–Trinajstić information content (AvgIpc) is 3.38. The summed E-state index contributed by atoms with van der Waals surface area (Å²) in [6.45, 7) is 7.61. The minimum Gasteiger partial charge on any atom is -0.376 e. The molecule has 2 aromatic heterocycles. The van der Waals surface area contributed by atoms with Gasteiger partial charge in [0.1, 0.15) is 16.6 Å². The van der Waals surface area contributed by atoms with Crippen LogP contribution in [0.5, 0.6) is 0 Å². The van der Waals surface area contributed by atoms with Crippen molar-refractivity contribution in [2.75, 3.05) is 11.9 Å². The molecule has 2 aromatic rings. The molecular formula is C19H23N5O2S. The Morgan fingerprint density at radius 1 is 1.52 bits per heavy atom. The van der Waals surface area contributed by atoms with Gasteiger partial charge in [-0.1, -0.05) is 18.3 Å². The van der Waals surface area contributed by atoms with Crippen molar-refractivity contribution < 1.29 is 9.53 Å². The third kappa shape index (κ3) is 4.43. The molecule has 0 bridgehead atoms. The number of ether oxygens (including phenoxy) is 1. The van der Waals surface area contributed by atoms with Crippen LogP contribution >= 0.6 is 11.3 Å². The molecule has 1 aliphatic heterocycles. The fourth-order valence-electron chi connectivity index (χ4n) is 3.16. The number of amides is 1. The molecule has 0 unspecified atom stereocenters. The number of aromatic nitrogens is 3. The van der Waals surface area contributed by atoms with E-state index in [1.54, 1.807) is 6.08 Å². The summed E-state index contributed by atoms with van der Waals surface area (Å²) >= 11 is 1.31. The molecule has 7 nitrogen and oxygen atoms in total. The van der Waals surface area contributed by atoms with Crippen molar-refractivity contribution in [2.24, 2.45) is 0 Å². The van der Waals surface area contributed by atoms with Crippen molar-refractivity contribution in [1.29, 1.82) is 5.26 Å². The summed E-state index contributed by atoms with van der Waals surface area (Å²) < 4.78 is 7.92. The maximum Gasteiger partial charge on any atom is 0.268 e. The van der Waals surface area contributed by atoms with Crippen LogP contribution in [-0.2, 0) is 22.5 Å². The van der Waals surface area contributed by atoms with E-state index in [0.29, 0.717) is 5.13 Å². The van der Waals surface area contributed by atoms with Gasteiger partial charge < -0.3 is 9.30 Å². The highest BCUT2D eigenvalue weighted by molar-refractivity contribution is 7.15. The standard InChI is InChI=1S/C19H23N5O2S/c1-4-17-22-23-19(27-17)21-18(25)15(10-20)9-14-8-12(2)24(13(14)3)11-16-6-5-7-26-16/h8-9,16H,4-7,11H2,1-3H3,(H,21,23,25)/b15-9+/t16-/m1/s1. The molecule has 0 aliphatic carbocycles. The van der Waals surface area contributed by atoms with Gasteiger partial charge in [-0.2, -0.15) is 5.26 Å². The van der Waals surface area contributed by atoms with Gasteiger partial charge in [0.15, 0.2) is 0 Å². The predicted octanol–water partition coefficient (Wildman–Crippen LogP) is 3.24. The highest BCUT2D eigenvalue weighted by Gasteiger charge is 2.19. The second-order valence-corrected chi connectivity index (χ2v) is 7.61. The van der Waals surface area contributed by atoms with E-state index in [1.807, 2.05) is 32.9 Å². The zero-order chi connectivity index (χ0) is 19.4. The van der Waals surface area contributed by atoms with E-state index in [2.05, 4.69) is 20.1 Å². The Bertz CT molecular complexity index is 900. The molecule has 0 spiro atoms. The zero-order valence-electron chi connectivity index (χ0n) is 15.8. The summed E-state index contributed by atoms with van der Waals surface area (Å²) in [5, 5.41) is 21.2. The molecule has 3 heterocycles. The van der Waals surface area contributed by atoms with Gasteiger partial charge in [0.05, 0.1) is 6.10 Å². The van der Waals surface area contributed by atoms with Gasteiger partial charge in [0.25, 0.3) is 5.91 Å². The van der Waals surface area contributed by atoms with Crippen molar-refractivity contribution in [3.63, 3.8) is 0 Å². The number of rotatable bonds is 6. The summed E-state index contributed by atoms with van der Waals surface area (Å²) in [5.74, 6) is -0.472. The van der Waals surface area contributed by atoms with Gasteiger partial charge in [-0.3, -0.25) is 10.1 Å². The van der Waals surface area contributed by atoms with Crippen LogP contribution in [0.2, 0.25) is 0 Å². The number of nitrogens with zero attached hydrogens (tertiary/aromatic N) is 4. The van der Waals surface area contributed by atoms with Gasteiger partial charge >= 0.3 is 0 Å². The lowest BCUT2D eigenvalue weighted by Crippen LogP contribution is -2.17. The van der Waals surface area contributed by atoms with E-state index in [1.165, 1.54) is 11.3 Å². The number of carbonyl (C=O) groups excluding carboxylic acids is 1. The molecule has 8 heteroatoms. The Morgan fingerprint density at radius 3 is 2.96 bits per heavy atom.